The van der Waals surface area contributed by atoms with Gasteiger partial charge in [-0.25, -0.2) is 0 Å². The molecule has 0 bridgehead atoms. The van der Waals surface area contributed by atoms with Gasteiger partial charge in [-0.15, -0.1) is 12.4 Å². The van der Waals surface area contributed by atoms with Crippen LogP contribution >= 0.6 is 12.4 Å². The molecule has 0 saturated heterocycles. The number of carbonyl (C=O) groups excluding carboxylic acids is 1. The molecule has 0 aromatic rings. The molecule has 0 radical (unpaired) electrons. The van der Waals surface area contributed by atoms with E-state index in [0.717, 1.165) is 0 Å². The summed E-state index contributed by atoms with van der Waals surface area (Å²) in [5.74, 6) is -0.681. The van der Waals surface area contributed by atoms with Crippen LogP contribution in [0.5, 0.6) is 0 Å². The zero-order chi connectivity index (χ0) is 6.73. The van der Waals surface area contributed by atoms with E-state index in [2.05, 4.69) is 0 Å². The third kappa shape index (κ3) is 4.20. The van der Waals surface area contributed by atoms with E-state index < -0.39 is 18.1 Å². The molecule has 0 spiro atoms. The molecule has 5 heteroatoms. The molecule has 56 valence electrons. The molecule has 2 atom stereocenters. The van der Waals surface area contributed by atoms with Gasteiger partial charge in [0.25, 0.3) is 0 Å². The fraction of sp³-hybridized carbons (Fsp3) is 0.750. The number of carbonyl (C=O) groups is 1. The summed E-state index contributed by atoms with van der Waals surface area (Å²) in [5.41, 5.74) is 9.75. The molecule has 0 rings (SSSR count). The molecule has 0 unspecified atom stereocenters. The van der Waals surface area contributed by atoms with E-state index in [1.807, 2.05) is 0 Å². The number of hydrogen-bond acceptors (Lipinski definition) is 3. The largest absolute Gasteiger partial charge is 0.391 e. The molecule has 1 amide bonds. The molecule has 0 aliphatic heterocycles. The quantitative estimate of drug-likeness (QED) is 0.457. The fourth-order valence-corrected chi connectivity index (χ4v) is 0.238. The van der Waals surface area contributed by atoms with Crippen molar-refractivity contribution in [2.24, 2.45) is 11.5 Å². The van der Waals surface area contributed by atoms with Crippen LogP contribution in [-0.2, 0) is 4.79 Å². The predicted molar refractivity (Wildman–Crippen MR) is 36.1 cm³/mol. The van der Waals surface area contributed by atoms with Crippen LogP contribution in [0.1, 0.15) is 6.92 Å². The molecule has 0 heterocycles. The van der Waals surface area contributed by atoms with Gasteiger partial charge in [0, 0.05) is 0 Å². The number of amides is 1. The van der Waals surface area contributed by atoms with Crippen molar-refractivity contribution < 1.29 is 9.90 Å². The van der Waals surface area contributed by atoms with Crippen molar-refractivity contribution in [3.8, 4) is 0 Å². The van der Waals surface area contributed by atoms with Crippen molar-refractivity contribution >= 4 is 18.3 Å². The number of primary amides is 1. The number of nitrogens with two attached hydrogens (primary N) is 2. The Balaban J connectivity index is 0. The molecular formula is C4H11ClN2O2. The molecule has 0 aromatic heterocycles. The summed E-state index contributed by atoms with van der Waals surface area (Å²) in [5, 5.41) is 8.57. The van der Waals surface area contributed by atoms with Gasteiger partial charge in [0.05, 0.1) is 6.10 Å². The summed E-state index contributed by atoms with van der Waals surface area (Å²) in [4.78, 5) is 10.1. The molecule has 0 saturated carbocycles. The van der Waals surface area contributed by atoms with E-state index in [1.54, 1.807) is 0 Å². The highest BCUT2D eigenvalue weighted by atomic mass is 35.5. The second kappa shape index (κ2) is 4.55. The van der Waals surface area contributed by atoms with Crippen LogP contribution in [-0.4, -0.2) is 23.2 Å². The standard InChI is InChI=1S/C4H10N2O2.ClH/c1-2(7)3(5)4(6)8;/h2-3,7H,5H2,1H3,(H2,6,8);1H/t2-,3+;/m0./s1. The predicted octanol–water partition coefficient (Wildman–Crippen LogP) is -1.40. The topological polar surface area (TPSA) is 89.3 Å². The highest BCUT2D eigenvalue weighted by Crippen LogP contribution is 1.84. The van der Waals surface area contributed by atoms with Crippen LogP contribution in [0.3, 0.4) is 0 Å². The summed E-state index contributed by atoms with van der Waals surface area (Å²) >= 11 is 0. The summed E-state index contributed by atoms with van der Waals surface area (Å²) in [7, 11) is 0. The van der Waals surface area contributed by atoms with Gasteiger partial charge in [-0.1, -0.05) is 0 Å². The first-order valence-electron chi connectivity index (χ1n) is 2.28. The molecule has 4 nitrogen and oxygen atoms in total. The van der Waals surface area contributed by atoms with Gasteiger partial charge in [0.15, 0.2) is 0 Å². The lowest BCUT2D eigenvalue weighted by molar-refractivity contribution is -0.121. The molecule has 9 heavy (non-hydrogen) atoms. The summed E-state index contributed by atoms with van der Waals surface area (Å²) in [6.07, 6.45) is -0.854. The van der Waals surface area contributed by atoms with Crippen LogP contribution in [0.2, 0.25) is 0 Å². The first kappa shape index (κ1) is 11.5. The average Bonchev–Trinajstić information content (AvgIpc) is 1.64. The molecule has 5 N–H and O–H groups in total. The van der Waals surface area contributed by atoms with E-state index in [-0.39, 0.29) is 12.4 Å². The van der Waals surface area contributed by atoms with Crippen molar-refractivity contribution in [1.29, 1.82) is 0 Å². The minimum atomic E-state index is -0.935. The molecule has 0 aliphatic rings. The molecule has 0 fully saturated rings. The van der Waals surface area contributed by atoms with Crippen molar-refractivity contribution in [2.45, 2.75) is 19.1 Å². The Morgan fingerprint density at radius 1 is 1.67 bits per heavy atom. The maximum Gasteiger partial charge on any atom is 0.237 e. The van der Waals surface area contributed by atoms with Crippen LogP contribution < -0.4 is 11.5 Å². The summed E-state index contributed by atoms with van der Waals surface area (Å²) < 4.78 is 0. The number of aliphatic hydroxyl groups is 1. The molecule has 0 aliphatic carbocycles. The van der Waals surface area contributed by atoms with Gasteiger partial charge in [-0.2, -0.15) is 0 Å². The Morgan fingerprint density at radius 2 is 2.00 bits per heavy atom. The van der Waals surface area contributed by atoms with Crippen molar-refractivity contribution in [3.05, 3.63) is 0 Å². The molecule has 0 aromatic carbocycles. The highest BCUT2D eigenvalue weighted by Gasteiger charge is 2.13. The lowest BCUT2D eigenvalue weighted by atomic mass is 10.2. The Bertz CT molecular complexity index is 96.6. The average molecular weight is 155 g/mol. The van der Waals surface area contributed by atoms with Crippen LogP contribution in [0.4, 0.5) is 0 Å². The first-order chi connectivity index (χ1) is 3.55. The van der Waals surface area contributed by atoms with Gasteiger partial charge in [0.2, 0.25) is 5.91 Å². The lowest BCUT2D eigenvalue weighted by Crippen LogP contribution is -2.44. The van der Waals surface area contributed by atoms with E-state index in [9.17, 15) is 4.79 Å². The van der Waals surface area contributed by atoms with Crippen molar-refractivity contribution in [2.75, 3.05) is 0 Å². The Labute approximate surface area is 59.6 Å². The zero-order valence-corrected chi connectivity index (χ0v) is 5.89. The lowest BCUT2D eigenvalue weighted by Gasteiger charge is -2.08. The van der Waals surface area contributed by atoms with E-state index in [0.29, 0.717) is 0 Å². The highest BCUT2D eigenvalue weighted by molar-refractivity contribution is 5.85. The minimum Gasteiger partial charge on any atom is -0.391 e. The van der Waals surface area contributed by atoms with Gasteiger partial charge in [0.1, 0.15) is 6.04 Å². The second-order valence-corrected chi connectivity index (χ2v) is 1.67. The van der Waals surface area contributed by atoms with Gasteiger partial charge < -0.3 is 16.6 Å². The number of halogens is 1. The second-order valence-electron chi connectivity index (χ2n) is 1.67. The van der Waals surface area contributed by atoms with Crippen LogP contribution in [0.25, 0.3) is 0 Å². The normalized spacial score (nSPS) is 15.4. The van der Waals surface area contributed by atoms with Gasteiger partial charge in [-0.05, 0) is 6.92 Å². The first-order valence-corrected chi connectivity index (χ1v) is 2.28. The van der Waals surface area contributed by atoms with E-state index in [4.69, 9.17) is 16.6 Å². The third-order valence-electron chi connectivity index (χ3n) is 0.848. The SMILES string of the molecule is C[C@H](O)[C@@H](N)C(N)=O.Cl. The smallest absolute Gasteiger partial charge is 0.237 e. The van der Waals surface area contributed by atoms with E-state index in [1.165, 1.54) is 6.92 Å². The Hall–Kier alpha value is -0.320. The number of hydrogen-bond donors (Lipinski definition) is 3. The Morgan fingerprint density at radius 3 is 2.00 bits per heavy atom. The van der Waals surface area contributed by atoms with Gasteiger partial charge in [-0.3, -0.25) is 4.79 Å². The Kier molecular flexibility index (Phi) is 5.80. The summed E-state index contributed by atoms with van der Waals surface area (Å²) in [6, 6.07) is -0.935. The maximum atomic E-state index is 10.1. The summed E-state index contributed by atoms with van der Waals surface area (Å²) in [6.45, 7) is 1.41. The monoisotopic (exact) mass is 154 g/mol. The number of rotatable bonds is 2. The fourth-order valence-electron chi connectivity index (χ4n) is 0.238. The maximum absolute atomic E-state index is 10.1. The van der Waals surface area contributed by atoms with Crippen molar-refractivity contribution in [3.63, 3.8) is 0 Å². The zero-order valence-electron chi connectivity index (χ0n) is 5.07. The molecular weight excluding hydrogens is 144 g/mol. The van der Waals surface area contributed by atoms with Crippen LogP contribution in [0, 0.1) is 0 Å². The number of aliphatic hydroxyl groups excluding tert-OH is 1. The van der Waals surface area contributed by atoms with E-state index >= 15 is 0 Å². The van der Waals surface area contributed by atoms with Crippen molar-refractivity contribution in [1.82, 2.24) is 0 Å². The van der Waals surface area contributed by atoms with Crippen LogP contribution in [0.15, 0.2) is 0 Å². The van der Waals surface area contributed by atoms with Gasteiger partial charge >= 0.3 is 0 Å². The minimum absolute atomic E-state index is 0. The third-order valence-corrected chi connectivity index (χ3v) is 0.848.